The van der Waals surface area contributed by atoms with Gasteiger partial charge in [-0.25, -0.2) is 0 Å². The number of ketones is 2. The summed E-state index contributed by atoms with van der Waals surface area (Å²) >= 11 is 5.69. The highest BCUT2D eigenvalue weighted by atomic mass is 35.5. The fourth-order valence-electron chi connectivity index (χ4n) is 1.51. The lowest BCUT2D eigenvalue weighted by atomic mass is 9.88. The second kappa shape index (κ2) is 3.42. The third kappa shape index (κ3) is 1.31. The van der Waals surface area contributed by atoms with Crippen LogP contribution < -0.4 is 0 Å². The van der Waals surface area contributed by atoms with Crippen molar-refractivity contribution in [3.05, 3.63) is 40.9 Å². The van der Waals surface area contributed by atoms with Crippen LogP contribution in [0.25, 0.3) is 5.53 Å². The molecule has 0 saturated heterocycles. The van der Waals surface area contributed by atoms with E-state index in [4.69, 9.17) is 17.1 Å². The minimum atomic E-state index is -1.20. The fraction of sp³-hybridized carbons (Fsp3) is 0.100. The molecule has 1 atom stereocenters. The first-order valence-corrected chi connectivity index (χ1v) is 4.64. The van der Waals surface area contributed by atoms with Gasteiger partial charge in [0.25, 0.3) is 5.78 Å². The van der Waals surface area contributed by atoms with Crippen LogP contribution >= 0.6 is 11.6 Å². The number of fused-ring (bicyclic) bond motifs is 1. The van der Waals surface area contributed by atoms with Crippen LogP contribution in [0.5, 0.6) is 0 Å². The third-order valence-corrected chi connectivity index (χ3v) is 2.65. The van der Waals surface area contributed by atoms with Crippen LogP contribution in [0.15, 0.2) is 24.3 Å². The Balaban J connectivity index is 2.73. The smallest absolute Gasteiger partial charge is 0.361 e. The maximum Gasteiger partial charge on any atom is 0.364 e. The van der Waals surface area contributed by atoms with Gasteiger partial charge in [0.05, 0.1) is 0 Å². The number of rotatable bonds is 0. The van der Waals surface area contributed by atoms with E-state index in [1.807, 2.05) is 0 Å². The first kappa shape index (κ1) is 9.77. The summed E-state index contributed by atoms with van der Waals surface area (Å²) in [5.74, 6) is -0.924. The molecule has 0 amide bonds. The number of alkyl halides is 1. The molecule has 0 fully saturated rings. The van der Waals surface area contributed by atoms with Gasteiger partial charge in [-0.15, -0.1) is 11.6 Å². The Kier molecular flexibility index (Phi) is 2.23. The van der Waals surface area contributed by atoms with Crippen molar-refractivity contribution in [2.24, 2.45) is 0 Å². The Morgan fingerprint density at radius 1 is 1.20 bits per heavy atom. The summed E-state index contributed by atoms with van der Waals surface area (Å²) in [4.78, 5) is 26.1. The predicted octanol–water partition coefficient (Wildman–Crippen LogP) is 1.34. The average Bonchev–Trinajstić information content (AvgIpc) is 2.27. The summed E-state index contributed by atoms with van der Waals surface area (Å²) in [6.45, 7) is 0. The van der Waals surface area contributed by atoms with Gasteiger partial charge < -0.3 is 5.53 Å². The van der Waals surface area contributed by atoms with Crippen LogP contribution in [0.1, 0.15) is 20.7 Å². The van der Waals surface area contributed by atoms with E-state index in [0.29, 0.717) is 0 Å². The lowest BCUT2D eigenvalue weighted by molar-refractivity contribution is -0.00858. The molecule has 0 N–H and O–H groups in total. The number of Topliss-reactive ketones (excluding diaryl/α,β-unsaturated/α-hetero) is 2. The van der Waals surface area contributed by atoms with Gasteiger partial charge in [0, 0.05) is 11.1 Å². The van der Waals surface area contributed by atoms with Crippen molar-refractivity contribution < 1.29 is 14.4 Å². The van der Waals surface area contributed by atoms with Crippen molar-refractivity contribution in [3.63, 3.8) is 0 Å². The van der Waals surface area contributed by atoms with Crippen molar-refractivity contribution in [2.45, 2.75) is 5.38 Å². The second-order valence-corrected chi connectivity index (χ2v) is 3.52. The van der Waals surface area contributed by atoms with Gasteiger partial charge in [-0.05, 0) is 0 Å². The van der Waals surface area contributed by atoms with E-state index < -0.39 is 16.9 Å². The van der Waals surface area contributed by atoms with E-state index in [2.05, 4.69) is 4.79 Å². The Labute approximate surface area is 90.1 Å². The van der Waals surface area contributed by atoms with Crippen molar-refractivity contribution in [3.8, 4) is 0 Å². The molecule has 0 heterocycles. The largest absolute Gasteiger partial charge is 0.364 e. The quantitative estimate of drug-likeness (QED) is 0.376. The highest BCUT2D eigenvalue weighted by Gasteiger charge is 2.43. The molecule has 0 radical (unpaired) electrons. The standard InChI is InChI=1S/C10H5ClN2O2/c11-7-8(13-12)10(15)6-4-2-1-3-5(6)9(7)14/h1-4,7H. The number of carbonyl (C=O) groups excluding carboxylic acids is 2. The van der Waals surface area contributed by atoms with Crippen molar-refractivity contribution >= 4 is 28.9 Å². The van der Waals surface area contributed by atoms with Crippen LogP contribution in [-0.2, 0) is 0 Å². The summed E-state index contributed by atoms with van der Waals surface area (Å²) in [7, 11) is 0. The van der Waals surface area contributed by atoms with E-state index in [-0.39, 0.29) is 16.8 Å². The van der Waals surface area contributed by atoms with Crippen LogP contribution in [0.4, 0.5) is 0 Å². The van der Waals surface area contributed by atoms with Gasteiger partial charge in [-0.1, -0.05) is 24.3 Å². The summed E-state index contributed by atoms with van der Waals surface area (Å²) in [6, 6.07) is 6.31. The third-order valence-electron chi connectivity index (χ3n) is 2.25. The summed E-state index contributed by atoms with van der Waals surface area (Å²) in [5.41, 5.74) is 8.79. The first-order chi connectivity index (χ1) is 7.16. The van der Waals surface area contributed by atoms with E-state index >= 15 is 0 Å². The first-order valence-electron chi connectivity index (χ1n) is 4.20. The lowest BCUT2D eigenvalue weighted by Crippen LogP contribution is -2.38. The van der Waals surface area contributed by atoms with Crippen LogP contribution in [0.2, 0.25) is 0 Å². The van der Waals surface area contributed by atoms with Crippen molar-refractivity contribution in [2.75, 3.05) is 0 Å². The Hall–Kier alpha value is -1.77. The molecule has 1 aliphatic rings. The molecule has 1 unspecified atom stereocenters. The Morgan fingerprint density at radius 3 is 2.40 bits per heavy atom. The molecule has 0 spiro atoms. The molecule has 74 valence electrons. The number of nitrogens with zero attached hydrogens (tertiary/aromatic N) is 2. The SMILES string of the molecule is [N-]=[N+]=C1C(=O)c2ccccc2C(=O)C1Cl. The van der Waals surface area contributed by atoms with Gasteiger partial charge in [0.15, 0.2) is 5.78 Å². The zero-order valence-corrected chi connectivity index (χ0v) is 8.23. The molecule has 2 rings (SSSR count). The minimum absolute atomic E-state index is 0.229. The monoisotopic (exact) mass is 220 g/mol. The molecular formula is C10H5ClN2O2. The second-order valence-electron chi connectivity index (χ2n) is 3.09. The molecule has 0 bridgehead atoms. The molecule has 4 nitrogen and oxygen atoms in total. The predicted molar refractivity (Wildman–Crippen MR) is 53.4 cm³/mol. The van der Waals surface area contributed by atoms with Gasteiger partial charge in [-0.3, -0.25) is 9.59 Å². The molecule has 0 aromatic heterocycles. The molecule has 15 heavy (non-hydrogen) atoms. The molecule has 1 aromatic carbocycles. The number of benzene rings is 1. The van der Waals surface area contributed by atoms with Gasteiger partial charge in [0.1, 0.15) is 0 Å². The molecule has 1 aliphatic carbocycles. The fourth-order valence-corrected chi connectivity index (χ4v) is 1.77. The van der Waals surface area contributed by atoms with Crippen molar-refractivity contribution in [1.29, 1.82) is 0 Å². The van der Waals surface area contributed by atoms with Gasteiger partial charge in [-0.2, -0.15) is 4.79 Å². The van der Waals surface area contributed by atoms with Crippen LogP contribution in [-0.4, -0.2) is 27.4 Å². The average molecular weight is 221 g/mol. The lowest BCUT2D eigenvalue weighted by Gasteiger charge is -2.13. The molecule has 5 heteroatoms. The number of halogens is 1. The van der Waals surface area contributed by atoms with E-state index in [1.165, 1.54) is 12.1 Å². The summed E-state index contributed by atoms with van der Waals surface area (Å²) < 4.78 is 0. The molecule has 0 aliphatic heterocycles. The van der Waals surface area contributed by atoms with Gasteiger partial charge >= 0.3 is 5.71 Å². The highest BCUT2D eigenvalue weighted by molar-refractivity contribution is 6.63. The Morgan fingerprint density at radius 2 is 1.80 bits per heavy atom. The van der Waals surface area contributed by atoms with Gasteiger partial charge in [0.2, 0.25) is 5.38 Å². The number of hydrogen-bond acceptors (Lipinski definition) is 2. The topological polar surface area (TPSA) is 70.5 Å². The normalized spacial score (nSPS) is 19.8. The molecular weight excluding hydrogens is 216 g/mol. The molecule has 1 aromatic rings. The molecule has 0 saturated carbocycles. The maximum atomic E-state index is 11.7. The summed E-state index contributed by atoms with van der Waals surface area (Å²) in [5, 5.41) is -1.20. The number of carbonyl (C=O) groups is 2. The van der Waals surface area contributed by atoms with Crippen LogP contribution in [0, 0.1) is 0 Å². The summed E-state index contributed by atoms with van der Waals surface area (Å²) in [6.07, 6.45) is 0. The zero-order valence-electron chi connectivity index (χ0n) is 7.48. The van der Waals surface area contributed by atoms with Crippen molar-refractivity contribution in [1.82, 2.24) is 0 Å². The zero-order chi connectivity index (χ0) is 11.0. The Bertz CT molecular complexity index is 518. The highest BCUT2D eigenvalue weighted by Crippen LogP contribution is 2.22. The van der Waals surface area contributed by atoms with E-state index in [9.17, 15) is 9.59 Å². The van der Waals surface area contributed by atoms with E-state index in [1.54, 1.807) is 12.1 Å². The van der Waals surface area contributed by atoms with E-state index in [0.717, 1.165) is 0 Å². The number of hydrogen-bond donors (Lipinski definition) is 0. The minimum Gasteiger partial charge on any atom is -0.361 e. The van der Waals surface area contributed by atoms with Crippen LogP contribution in [0.3, 0.4) is 0 Å². The maximum absolute atomic E-state index is 11.7.